The zero-order valence-electron chi connectivity index (χ0n) is 14.8. The molecule has 2 heterocycles. The Bertz CT molecular complexity index is 467. The molecule has 0 radical (unpaired) electrons. The van der Waals surface area contributed by atoms with E-state index in [0.717, 1.165) is 32.4 Å². The summed E-state index contributed by atoms with van der Waals surface area (Å²) in [5, 5.41) is 3.15. The third-order valence-electron chi connectivity index (χ3n) is 4.65. The molecule has 2 aliphatic rings. The molecule has 2 rings (SSSR count). The third kappa shape index (κ3) is 4.69. The number of carbonyl (C=O) groups excluding carboxylic acids is 3. The fourth-order valence-corrected chi connectivity index (χ4v) is 3.40. The van der Waals surface area contributed by atoms with Crippen molar-refractivity contribution in [2.75, 3.05) is 39.3 Å². The molecule has 0 aromatic rings. The van der Waals surface area contributed by atoms with Crippen LogP contribution in [0.4, 0.5) is 0 Å². The van der Waals surface area contributed by atoms with Crippen LogP contribution >= 0.6 is 0 Å². The molecule has 0 aromatic heterocycles. The molecule has 0 spiro atoms. The third-order valence-corrected chi connectivity index (χ3v) is 4.65. The van der Waals surface area contributed by atoms with Gasteiger partial charge in [-0.2, -0.15) is 0 Å². The van der Waals surface area contributed by atoms with Crippen LogP contribution in [-0.4, -0.2) is 73.0 Å². The van der Waals surface area contributed by atoms with E-state index in [9.17, 15) is 14.4 Å². The molecular formula is C17H29N3O4. The number of hydrogen-bond acceptors (Lipinski definition) is 5. The number of piperazine rings is 1. The minimum Gasteiger partial charge on any atom is -0.466 e. The number of likely N-dealkylation sites (tertiary alicyclic amines) is 1. The van der Waals surface area contributed by atoms with Gasteiger partial charge in [-0.3, -0.25) is 14.4 Å². The van der Waals surface area contributed by atoms with E-state index in [1.165, 1.54) is 0 Å². The highest BCUT2D eigenvalue weighted by molar-refractivity contribution is 5.89. The number of amides is 2. The van der Waals surface area contributed by atoms with Crippen LogP contribution in [0.5, 0.6) is 0 Å². The largest absolute Gasteiger partial charge is 0.466 e. The molecule has 1 N–H and O–H groups in total. The molecule has 2 fully saturated rings. The Morgan fingerprint density at radius 1 is 1.29 bits per heavy atom. The molecule has 136 valence electrons. The van der Waals surface area contributed by atoms with Crippen molar-refractivity contribution in [2.24, 2.45) is 5.92 Å². The quantitative estimate of drug-likeness (QED) is 0.708. The Kier molecular flexibility index (Phi) is 7.02. The highest BCUT2D eigenvalue weighted by atomic mass is 16.5. The van der Waals surface area contributed by atoms with Gasteiger partial charge in [0.05, 0.1) is 25.0 Å². The SMILES string of the molecule is CCCN1CCNC(CC(=O)N2CCCC(C(=O)OCC)C2)C1=O. The zero-order valence-corrected chi connectivity index (χ0v) is 14.8. The molecule has 2 amide bonds. The number of nitrogens with zero attached hydrogens (tertiary/aromatic N) is 2. The topological polar surface area (TPSA) is 79.0 Å². The summed E-state index contributed by atoms with van der Waals surface area (Å²) < 4.78 is 5.07. The lowest BCUT2D eigenvalue weighted by molar-refractivity contribution is -0.152. The van der Waals surface area contributed by atoms with Gasteiger partial charge in [-0.25, -0.2) is 0 Å². The van der Waals surface area contributed by atoms with Crippen LogP contribution in [0.25, 0.3) is 0 Å². The highest BCUT2D eigenvalue weighted by Crippen LogP contribution is 2.19. The van der Waals surface area contributed by atoms with Crippen molar-refractivity contribution in [3.63, 3.8) is 0 Å². The molecular weight excluding hydrogens is 310 g/mol. The van der Waals surface area contributed by atoms with Gasteiger partial charge in [-0.1, -0.05) is 6.92 Å². The van der Waals surface area contributed by atoms with Crippen molar-refractivity contribution < 1.29 is 19.1 Å². The molecule has 7 nitrogen and oxygen atoms in total. The van der Waals surface area contributed by atoms with Gasteiger partial charge >= 0.3 is 5.97 Å². The number of hydrogen-bond donors (Lipinski definition) is 1. The smallest absolute Gasteiger partial charge is 0.310 e. The molecule has 2 saturated heterocycles. The molecule has 0 aromatic carbocycles. The minimum atomic E-state index is -0.444. The standard InChI is InChI=1S/C17H29N3O4/c1-3-8-19-10-7-18-14(16(19)22)11-15(21)20-9-5-6-13(12-20)17(23)24-4-2/h13-14,18H,3-12H2,1-2H3. The Labute approximate surface area is 143 Å². The van der Waals surface area contributed by atoms with Crippen LogP contribution in [0.3, 0.4) is 0 Å². The lowest BCUT2D eigenvalue weighted by atomic mass is 9.97. The molecule has 7 heteroatoms. The number of piperidine rings is 1. The first kappa shape index (κ1) is 18.7. The van der Waals surface area contributed by atoms with E-state index in [0.29, 0.717) is 26.2 Å². The predicted molar refractivity (Wildman–Crippen MR) is 89.2 cm³/mol. The highest BCUT2D eigenvalue weighted by Gasteiger charge is 2.34. The molecule has 2 aliphatic heterocycles. The fourth-order valence-electron chi connectivity index (χ4n) is 3.40. The lowest BCUT2D eigenvalue weighted by Gasteiger charge is -2.35. The second-order valence-corrected chi connectivity index (χ2v) is 6.47. The second-order valence-electron chi connectivity index (χ2n) is 6.47. The number of ether oxygens (including phenoxy) is 1. The van der Waals surface area contributed by atoms with Crippen molar-refractivity contribution in [3.8, 4) is 0 Å². The monoisotopic (exact) mass is 339 g/mol. The maximum atomic E-state index is 12.6. The maximum absolute atomic E-state index is 12.6. The Hall–Kier alpha value is -1.63. The summed E-state index contributed by atoms with van der Waals surface area (Å²) in [5.74, 6) is -0.520. The molecule has 2 unspecified atom stereocenters. The summed E-state index contributed by atoms with van der Waals surface area (Å²) in [6.07, 6.45) is 2.63. The summed E-state index contributed by atoms with van der Waals surface area (Å²) in [6, 6.07) is -0.444. The van der Waals surface area contributed by atoms with E-state index in [1.54, 1.807) is 11.8 Å². The number of rotatable bonds is 6. The Balaban J connectivity index is 1.89. The van der Waals surface area contributed by atoms with Crippen LogP contribution < -0.4 is 5.32 Å². The van der Waals surface area contributed by atoms with Crippen LogP contribution in [-0.2, 0) is 19.1 Å². The number of nitrogens with one attached hydrogen (secondary N) is 1. The van der Waals surface area contributed by atoms with Gasteiger partial charge in [-0.15, -0.1) is 0 Å². The van der Waals surface area contributed by atoms with E-state index >= 15 is 0 Å². The number of esters is 1. The van der Waals surface area contributed by atoms with E-state index < -0.39 is 6.04 Å². The summed E-state index contributed by atoms with van der Waals surface area (Å²) in [6.45, 7) is 7.38. The fraction of sp³-hybridized carbons (Fsp3) is 0.824. The van der Waals surface area contributed by atoms with E-state index in [-0.39, 0.29) is 30.1 Å². The van der Waals surface area contributed by atoms with Crippen molar-refractivity contribution in [3.05, 3.63) is 0 Å². The lowest BCUT2D eigenvalue weighted by Crippen LogP contribution is -2.57. The van der Waals surface area contributed by atoms with Crippen molar-refractivity contribution in [1.29, 1.82) is 0 Å². The van der Waals surface area contributed by atoms with Crippen LogP contribution in [0.15, 0.2) is 0 Å². The number of carbonyl (C=O) groups is 3. The molecule has 0 bridgehead atoms. The van der Waals surface area contributed by atoms with Crippen LogP contribution in [0.2, 0.25) is 0 Å². The van der Waals surface area contributed by atoms with Crippen LogP contribution in [0.1, 0.15) is 39.5 Å². The average Bonchev–Trinajstić information content (AvgIpc) is 2.59. The average molecular weight is 339 g/mol. The minimum absolute atomic E-state index is 0.00963. The molecule has 0 aliphatic carbocycles. The summed E-state index contributed by atoms with van der Waals surface area (Å²) in [4.78, 5) is 40.4. The van der Waals surface area contributed by atoms with Gasteiger partial charge in [0.15, 0.2) is 0 Å². The van der Waals surface area contributed by atoms with Crippen molar-refractivity contribution in [2.45, 2.75) is 45.6 Å². The van der Waals surface area contributed by atoms with Gasteiger partial charge < -0.3 is 19.9 Å². The second kappa shape index (κ2) is 9.01. The maximum Gasteiger partial charge on any atom is 0.310 e. The molecule has 2 atom stereocenters. The predicted octanol–water partition coefficient (Wildman–Crippen LogP) is 0.389. The summed E-state index contributed by atoms with van der Waals surface area (Å²) in [7, 11) is 0. The molecule has 0 saturated carbocycles. The molecule has 24 heavy (non-hydrogen) atoms. The first-order valence-electron chi connectivity index (χ1n) is 9.03. The van der Waals surface area contributed by atoms with E-state index in [1.807, 2.05) is 11.8 Å². The van der Waals surface area contributed by atoms with Gasteiger partial charge in [0.1, 0.15) is 0 Å². The first-order chi connectivity index (χ1) is 11.6. The summed E-state index contributed by atoms with van der Waals surface area (Å²) >= 11 is 0. The van der Waals surface area contributed by atoms with Crippen molar-refractivity contribution >= 4 is 17.8 Å². The van der Waals surface area contributed by atoms with Gasteiger partial charge in [0.2, 0.25) is 11.8 Å². The van der Waals surface area contributed by atoms with E-state index in [4.69, 9.17) is 4.74 Å². The van der Waals surface area contributed by atoms with Crippen molar-refractivity contribution in [1.82, 2.24) is 15.1 Å². The van der Waals surface area contributed by atoms with E-state index in [2.05, 4.69) is 5.32 Å². The normalized spacial score (nSPS) is 24.8. The Morgan fingerprint density at radius 2 is 2.08 bits per heavy atom. The van der Waals surface area contributed by atoms with Crippen LogP contribution in [0, 0.1) is 5.92 Å². The van der Waals surface area contributed by atoms with Gasteiger partial charge in [-0.05, 0) is 26.2 Å². The van der Waals surface area contributed by atoms with Gasteiger partial charge in [0, 0.05) is 32.7 Å². The van der Waals surface area contributed by atoms with Gasteiger partial charge in [0.25, 0.3) is 0 Å². The summed E-state index contributed by atoms with van der Waals surface area (Å²) in [5.41, 5.74) is 0. The Morgan fingerprint density at radius 3 is 2.79 bits per heavy atom. The zero-order chi connectivity index (χ0) is 17.5. The first-order valence-corrected chi connectivity index (χ1v) is 9.03.